The number of aromatic nitrogens is 3. The van der Waals surface area contributed by atoms with E-state index in [9.17, 15) is 0 Å². The van der Waals surface area contributed by atoms with Gasteiger partial charge < -0.3 is 10.5 Å². The lowest BCUT2D eigenvalue weighted by Crippen LogP contribution is -2.02. The largest absolute Gasteiger partial charge is 0.481 e. The minimum absolute atomic E-state index is 0.503. The summed E-state index contributed by atoms with van der Waals surface area (Å²) in [5.41, 5.74) is 8.43. The molecule has 0 radical (unpaired) electrons. The van der Waals surface area contributed by atoms with Gasteiger partial charge in [-0.15, -0.1) is 0 Å². The Labute approximate surface area is 99.7 Å². The zero-order valence-corrected chi connectivity index (χ0v) is 10.1. The predicted octanol–water partition coefficient (Wildman–Crippen LogP) is 1.75. The lowest BCUT2D eigenvalue weighted by molar-refractivity contribution is 0.398. The van der Waals surface area contributed by atoms with Crippen LogP contribution in [0.2, 0.25) is 0 Å². The van der Waals surface area contributed by atoms with E-state index in [1.807, 2.05) is 26.0 Å². The van der Waals surface area contributed by atoms with Crippen LogP contribution in [0.1, 0.15) is 11.4 Å². The van der Waals surface area contributed by atoms with Crippen LogP contribution in [0.15, 0.2) is 18.3 Å². The van der Waals surface area contributed by atoms with Crippen molar-refractivity contribution in [3.63, 3.8) is 0 Å². The lowest BCUT2D eigenvalue weighted by atomic mass is 10.1. The van der Waals surface area contributed by atoms with Gasteiger partial charge in [0, 0.05) is 23.4 Å². The minimum atomic E-state index is 0.503. The van der Waals surface area contributed by atoms with Crippen molar-refractivity contribution in [3.8, 4) is 17.1 Å². The average Bonchev–Trinajstić information content (AvgIpc) is 2.34. The number of anilines is 1. The van der Waals surface area contributed by atoms with Crippen LogP contribution in [0.5, 0.6) is 5.88 Å². The normalized spacial score (nSPS) is 10.3. The van der Waals surface area contributed by atoms with Gasteiger partial charge in [0.25, 0.3) is 0 Å². The maximum atomic E-state index is 5.83. The summed E-state index contributed by atoms with van der Waals surface area (Å²) in [4.78, 5) is 12.6. The molecule has 0 aromatic carbocycles. The average molecular weight is 230 g/mol. The first-order chi connectivity index (χ1) is 8.11. The van der Waals surface area contributed by atoms with Crippen molar-refractivity contribution in [1.82, 2.24) is 15.0 Å². The van der Waals surface area contributed by atoms with Crippen LogP contribution in [0.25, 0.3) is 11.3 Å². The van der Waals surface area contributed by atoms with Crippen LogP contribution in [0, 0.1) is 13.8 Å². The number of methoxy groups -OCH3 is 1. The highest BCUT2D eigenvalue weighted by molar-refractivity contribution is 5.67. The molecule has 0 unspecified atom stereocenters. The van der Waals surface area contributed by atoms with E-state index in [1.165, 1.54) is 0 Å². The number of ether oxygens (including phenoxy) is 1. The smallest absolute Gasteiger partial charge is 0.213 e. The SMILES string of the molecule is COc1cc(-c2nc(C)nc(N)c2C)ccn1. The Hall–Kier alpha value is -2.17. The molecule has 2 rings (SSSR count). The zero-order chi connectivity index (χ0) is 12.4. The van der Waals surface area contributed by atoms with Gasteiger partial charge in [-0.25, -0.2) is 15.0 Å². The molecule has 0 amide bonds. The summed E-state index contributed by atoms with van der Waals surface area (Å²) in [5.74, 6) is 1.71. The van der Waals surface area contributed by atoms with Crippen molar-refractivity contribution >= 4 is 5.82 Å². The zero-order valence-electron chi connectivity index (χ0n) is 10.1. The first kappa shape index (κ1) is 11.3. The summed E-state index contributed by atoms with van der Waals surface area (Å²) < 4.78 is 5.09. The van der Waals surface area contributed by atoms with Crippen LogP contribution >= 0.6 is 0 Å². The monoisotopic (exact) mass is 230 g/mol. The third-order valence-electron chi connectivity index (χ3n) is 2.51. The van der Waals surface area contributed by atoms with Crippen LogP contribution in [-0.2, 0) is 0 Å². The fraction of sp³-hybridized carbons (Fsp3) is 0.250. The highest BCUT2D eigenvalue weighted by Gasteiger charge is 2.09. The molecule has 0 aliphatic heterocycles. The van der Waals surface area contributed by atoms with E-state index in [-0.39, 0.29) is 0 Å². The summed E-state index contributed by atoms with van der Waals surface area (Å²) in [6, 6.07) is 3.70. The molecule has 88 valence electrons. The van der Waals surface area contributed by atoms with Gasteiger partial charge in [-0.05, 0) is 19.9 Å². The number of rotatable bonds is 2. The van der Waals surface area contributed by atoms with E-state index in [0.29, 0.717) is 17.5 Å². The quantitative estimate of drug-likeness (QED) is 0.850. The highest BCUT2D eigenvalue weighted by Crippen LogP contribution is 2.25. The maximum Gasteiger partial charge on any atom is 0.213 e. The Morgan fingerprint density at radius 1 is 1.24 bits per heavy atom. The van der Waals surface area contributed by atoms with E-state index >= 15 is 0 Å². The number of nitrogen functional groups attached to an aromatic ring is 1. The number of aryl methyl sites for hydroxylation is 1. The molecule has 0 bridgehead atoms. The highest BCUT2D eigenvalue weighted by atomic mass is 16.5. The van der Waals surface area contributed by atoms with Gasteiger partial charge in [-0.3, -0.25) is 0 Å². The number of nitrogens with zero attached hydrogens (tertiary/aromatic N) is 3. The molecule has 0 aliphatic carbocycles. The molecule has 17 heavy (non-hydrogen) atoms. The Kier molecular flexibility index (Phi) is 2.91. The molecule has 2 N–H and O–H groups in total. The van der Waals surface area contributed by atoms with E-state index in [2.05, 4.69) is 15.0 Å². The second kappa shape index (κ2) is 4.37. The van der Waals surface area contributed by atoms with Crippen LogP contribution < -0.4 is 10.5 Å². The first-order valence-electron chi connectivity index (χ1n) is 5.23. The van der Waals surface area contributed by atoms with Crippen molar-refractivity contribution in [2.75, 3.05) is 12.8 Å². The standard InChI is InChI=1S/C12H14N4O/c1-7-11(15-8(2)16-12(7)13)9-4-5-14-10(6-9)17-3/h4-6H,1-3H3,(H2,13,15,16). The van der Waals surface area contributed by atoms with Gasteiger partial charge in [0.2, 0.25) is 5.88 Å². The molecule has 0 saturated heterocycles. The van der Waals surface area contributed by atoms with Gasteiger partial charge in [-0.2, -0.15) is 0 Å². The van der Waals surface area contributed by atoms with Gasteiger partial charge in [0.1, 0.15) is 11.6 Å². The number of hydrogen-bond acceptors (Lipinski definition) is 5. The minimum Gasteiger partial charge on any atom is -0.481 e. The predicted molar refractivity (Wildman–Crippen MR) is 65.7 cm³/mol. The third kappa shape index (κ3) is 2.18. The van der Waals surface area contributed by atoms with Crippen molar-refractivity contribution in [2.24, 2.45) is 0 Å². The molecule has 0 saturated carbocycles. The molecule has 2 heterocycles. The van der Waals surface area contributed by atoms with Crippen LogP contribution in [0.4, 0.5) is 5.82 Å². The van der Waals surface area contributed by atoms with Gasteiger partial charge >= 0.3 is 0 Å². The second-order valence-electron chi connectivity index (χ2n) is 3.72. The maximum absolute atomic E-state index is 5.83. The van der Waals surface area contributed by atoms with Crippen molar-refractivity contribution < 1.29 is 4.74 Å². The number of pyridine rings is 1. The summed E-state index contributed by atoms with van der Waals surface area (Å²) in [6.45, 7) is 3.72. The second-order valence-corrected chi connectivity index (χ2v) is 3.72. The number of nitrogens with two attached hydrogens (primary N) is 1. The molecule has 0 aliphatic rings. The Balaban J connectivity index is 2.59. The number of hydrogen-bond donors (Lipinski definition) is 1. The Bertz CT molecular complexity index is 554. The molecule has 5 nitrogen and oxygen atoms in total. The molecule has 0 atom stereocenters. The molecule has 0 fully saturated rings. The van der Waals surface area contributed by atoms with E-state index in [4.69, 9.17) is 10.5 Å². The molecule has 2 aromatic rings. The molecule has 0 spiro atoms. The summed E-state index contributed by atoms with van der Waals surface area (Å²) >= 11 is 0. The van der Waals surface area contributed by atoms with E-state index in [0.717, 1.165) is 16.8 Å². The van der Waals surface area contributed by atoms with Gasteiger partial charge in [0.15, 0.2) is 0 Å². The van der Waals surface area contributed by atoms with Crippen molar-refractivity contribution in [3.05, 3.63) is 29.7 Å². The lowest BCUT2D eigenvalue weighted by Gasteiger charge is -2.09. The molecular weight excluding hydrogens is 216 g/mol. The molecule has 2 aromatic heterocycles. The Morgan fingerprint density at radius 2 is 2.00 bits per heavy atom. The van der Waals surface area contributed by atoms with Crippen molar-refractivity contribution in [1.29, 1.82) is 0 Å². The topological polar surface area (TPSA) is 73.9 Å². The fourth-order valence-electron chi connectivity index (χ4n) is 1.60. The van der Waals surface area contributed by atoms with Crippen LogP contribution in [0.3, 0.4) is 0 Å². The Morgan fingerprint density at radius 3 is 2.71 bits per heavy atom. The fourth-order valence-corrected chi connectivity index (χ4v) is 1.60. The van der Waals surface area contributed by atoms with E-state index < -0.39 is 0 Å². The molecular formula is C12H14N4O. The summed E-state index contributed by atoms with van der Waals surface area (Å²) in [5, 5.41) is 0. The van der Waals surface area contributed by atoms with Crippen LogP contribution in [-0.4, -0.2) is 22.1 Å². The summed E-state index contributed by atoms with van der Waals surface area (Å²) in [7, 11) is 1.58. The third-order valence-corrected chi connectivity index (χ3v) is 2.51. The van der Waals surface area contributed by atoms with Gasteiger partial charge in [-0.1, -0.05) is 0 Å². The van der Waals surface area contributed by atoms with Gasteiger partial charge in [0.05, 0.1) is 12.8 Å². The van der Waals surface area contributed by atoms with E-state index in [1.54, 1.807) is 13.3 Å². The summed E-state index contributed by atoms with van der Waals surface area (Å²) in [6.07, 6.45) is 1.68. The molecule has 5 heteroatoms. The first-order valence-corrected chi connectivity index (χ1v) is 5.23. The van der Waals surface area contributed by atoms with Crippen molar-refractivity contribution in [2.45, 2.75) is 13.8 Å².